The molecule has 0 spiro atoms. The molecule has 1 fully saturated rings. The lowest BCUT2D eigenvalue weighted by Gasteiger charge is -2.33. The Balaban J connectivity index is 1.69. The Labute approximate surface area is 130 Å². The van der Waals surface area contributed by atoms with Crippen molar-refractivity contribution in [3.8, 4) is 0 Å². The molecule has 1 aliphatic rings. The third kappa shape index (κ3) is 2.76. The summed E-state index contributed by atoms with van der Waals surface area (Å²) < 4.78 is 2.86. The molecular formula is C13H15BrClN5. The van der Waals surface area contributed by atoms with E-state index < -0.39 is 0 Å². The van der Waals surface area contributed by atoms with Crippen molar-refractivity contribution in [2.24, 2.45) is 0 Å². The van der Waals surface area contributed by atoms with Crippen LogP contribution in [-0.2, 0) is 0 Å². The number of halogens is 2. The first-order valence-electron chi connectivity index (χ1n) is 6.50. The Morgan fingerprint density at radius 2 is 2.10 bits per heavy atom. The molecule has 2 aromatic heterocycles. The van der Waals surface area contributed by atoms with Crippen LogP contribution in [0.3, 0.4) is 0 Å². The number of nitrogen functional groups attached to an aromatic ring is 1. The SMILES string of the molecule is Nc1ccn(C2CCN(c3ncc(Br)cc3Cl)CC2)n1. The van der Waals surface area contributed by atoms with Crippen LogP contribution in [0, 0.1) is 0 Å². The molecule has 0 amide bonds. The van der Waals surface area contributed by atoms with Gasteiger partial charge in [0.2, 0.25) is 0 Å². The van der Waals surface area contributed by atoms with Crippen molar-refractivity contribution >= 4 is 39.2 Å². The summed E-state index contributed by atoms with van der Waals surface area (Å²) in [6, 6.07) is 4.11. The Hall–Kier alpha value is -1.27. The highest BCUT2D eigenvalue weighted by Crippen LogP contribution is 2.30. The molecule has 0 unspecified atom stereocenters. The summed E-state index contributed by atoms with van der Waals surface area (Å²) in [5.41, 5.74) is 5.66. The van der Waals surface area contributed by atoms with E-state index in [1.54, 1.807) is 6.20 Å². The predicted octanol–water partition coefficient (Wildman–Crippen LogP) is 3.12. The molecule has 0 bridgehead atoms. The maximum Gasteiger partial charge on any atom is 0.147 e. The zero-order valence-electron chi connectivity index (χ0n) is 10.8. The van der Waals surface area contributed by atoms with Crippen LogP contribution in [0.1, 0.15) is 18.9 Å². The molecule has 0 aromatic carbocycles. The topological polar surface area (TPSA) is 60.0 Å². The normalized spacial score (nSPS) is 16.6. The Kier molecular flexibility index (Phi) is 3.85. The summed E-state index contributed by atoms with van der Waals surface area (Å²) in [6.45, 7) is 1.83. The van der Waals surface area contributed by atoms with E-state index in [1.165, 1.54) is 0 Å². The highest BCUT2D eigenvalue weighted by molar-refractivity contribution is 9.10. The lowest BCUT2D eigenvalue weighted by Crippen LogP contribution is -2.35. The molecule has 1 aliphatic heterocycles. The summed E-state index contributed by atoms with van der Waals surface area (Å²) in [7, 11) is 0. The molecule has 7 heteroatoms. The summed E-state index contributed by atoms with van der Waals surface area (Å²) in [5, 5.41) is 4.97. The van der Waals surface area contributed by atoms with Gasteiger partial charge in [0.15, 0.2) is 0 Å². The fraction of sp³-hybridized carbons (Fsp3) is 0.385. The van der Waals surface area contributed by atoms with Gasteiger partial charge in [-0.1, -0.05) is 11.6 Å². The molecule has 1 saturated heterocycles. The third-order valence-electron chi connectivity index (χ3n) is 3.56. The van der Waals surface area contributed by atoms with Gasteiger partial charge in [-0.2, -0.15) is 5.10 Å². The maximum atomic E-state index is 6.25. The van der Waals surface area contributed by atoms with Gasteiger partial charge in [-0.15, -0.1) is 0 Å². The van der Waals surface area contributed by atoms with E-state index in [1.807, 2.05) is 23.0 Å². The second kappa shape index (κ2) is 5.61. The van der Waals surface area contributed by atoms with Crippen molar-refractivity contribution in [3.63, 3.8) is 0 Å². The number of nitrogens with zero attached hydrogens (tertiary/aromatic N) is 4. The lowest BCUT2D eigenvalue weighted by atomic mass is 10.1. The van der Waals surface area contributed by atoms with Gasteiger partial charge in [0, 0.05) is 30.0 Å². The van der Waals surface area contributed by atoms with Crippen molar-refractivity contribution in [2.75, 3.05) is 23.7 Å². The van der Waals surface area contributed by atoms with E-state index in [-0.39, 0.29) is 0 Å². The van der Waals surface area contributed by atoms with Crippen LogP contribution in [0.4, 0.5) is 11.6 Å². The van der Waals surface area contributed by atoms with Crippen molar-refractivity contribution in [3.05, 3.63) is 34.0 Å². The zero-order valence-corrected chi connectivity index (χ0v) is 13.2. The highest BCUT2D eigenvalue weighted by atomic mass is 79.9. The van der Waals surface area contributed by atoms with Crippen molar-refractivity contribution < 1.29 is 0 Å². The van der Waals surface area contributed by atoms with E-state index in [0.29, 0.717) is 16.9 Å². The molecule has 0 saturated carbocycles. The largest absolute Gasteiger partial charge is 0.382 e. The third-order valence-corrected chi connectivity index (χ3v) is 4.27. The monoisotopic (exact) mass is 355 g/mol. The summed E-state index contributed by atoms with van der Waals surface area (Å²) in [4.78, 5) is 6.63. The fourth-order valence-electron chi connectivity index (χ4n) is 2.54. The number of aromatic nitrogens is 3. The second-order valence-corrected chi connectivity index (χ2v) is 6.22. The van der Waals surface area contributed by atoms with E-state index in [9.17, 15) is 0 Å². The van der Waals surface area contributed by atoms with Gasteiger partial charge >= 0.3 is 0 Å². The average Bonchev–Trinajstić information content (AvgIpc) is 2.86. The Morgan fingerprint density at radius 1 is 1.35 bits per heavy atom. The summed E-state index contributed by atoms with van der Waals surface area (Å²) >= 11 is 9.63. The number of nitrogens with two attached hydrogens (primary N) is 1. The van der Waals surface area contributed by atoms with Crippen molar-refractivity contribution in [1.82, 2.24) is 14.8 Å². The predicted molar refractivity (Wildman–Crippen MR) is 84.1 cm³/mol. The number of hydrogen-bond donors (Lipinski definition) is 1. The van der Waals surface area contributed by atoms with E-state index in [2.05, 4.69) is 30.9 Å². The first-order valence-corrected chi connectivity index (χ1v) is 7.67. The van der Waals surface area contributed by atoms with Crippen molar-refractivity contribution in [2.45, 2.75) is 18.9 Å². The van der Waals surface area contributed by atoms with Crippen molar-refractivity contribution in [1.29, 1.82) is 0 Å². The smallest absolute Gasteiger partial charge is 0.147 e. The number of pyridine rings is 1. The minimum Gasteiger partial charge on any atom is -0.382 e. The summed E-state index contributed by atoms with van der Waals surface area (Å²) in [5.74, 6) is 1.43. The standard InChI is InChI=1S/C13H15BrClN5/c14-9-7-11(15)13(17-8-9)19-4-1-10(2-5-19)20-6-3-12(16)18-20/h3,6-8,10H,1-2,4-5H2,(H2,16,18). The van der Waals surface area contributed by atoms with Gasteiger partial charge in [0.1, 0.15) is 11.6 Å². The van der Waals surface area contributed by atoms with Gasteiger partial charge in [-0.3, -0.25) is 4.68 Å². The molecular weight excluding hydrogens is 342 g/mol. The van der Waals surface area contributed by atoms with Gasteiger partial charge in [0.25, 0.3) is 0 Å². The molecule has 2 aromatic rings. The Morgan fingerprint density at radius 3 is 2.70 bits per heavy atom. The molecule has 0 radical (unpaired) electrons. The first-order chi connectivity index (χ1) is 9.63. The first kappa shape index (κ1) is 13.7. The van der Waals surface area contributed by atoms with Gasteiger partial charge < -0.3 is 10.6 Å². The second-order valence-electron chi connectivity index (χ2n) is 4.90. The van der Waals surface area contributed by atoms with E-state index in [4.69, 9.17) is 17.3 Å². The molecule has 2 N–H and O–H groups in total. The minimum absolute atomic E-state index is 0.401. The minimum atomic E-state index is 0.401. The van der Waals surface area contributed by atoms with Gasteiger partial charge in [-0.25, -0.2) is 4.98 Å². The quantitative estimate of drug-likeness (QED) is 0.898. The molecule has 106 valence electrons. The number of hydrogen-bond acceptors (Lipinski definition) is 4. The van der Waals surface area contributed by atoms with E-state index >= 15 is 0 Å². The van der Waals surface area contributed by atoms with Gasteiger partial charge in [-0.05, 0) is 40.9 Å². The molecule has 3 rings (SSSR count). The average molecular weight is 357 g/mol. The van der Waals surface area contributed by atoms with Crippen LogP contribution in [-0.4, -0.2) is 27.9 Å². The molecule has 3 heterocycles. The zero-order chi connectivity index (χ0) is 14.1. The molecule has 0 atom stereocenters. The molecule has 20 heavy (non-hydrogen) atoms. The van der Waals surface area contributed by atoms with Crippen LogP contribution in [0.2, 0.25) is 5.02 Å². The number of rotatable bonds is 2. The van der Waals surface area contributed by atoms with Crippen LogP contribution >= 0.6 is 27.5 Å². The van der Waals surface area contributed by atoms with Crippen LogP contribution in [0.5, 0.6) is 0 Å². The number of piperidine rings is 1. The lowest BCUT2D eigenvalue weighted by molar-refractivity contribution is 0.367. The van der Waals surface area contributed by atoms with Crippen LogP contribution in [0.25, 0.3) is 0 Å². The fourth-order valence-corrected chi connectivity index (χ4v) is 3.29. The van der Waals surface area contributed by atoms with Crippen LogP contribution in [0.15, 0.2) is 29.0 Å². The maximum absolute atomic E-state index is 6.25. The van der Waals surface area contributed by atoms with Crippen LogP contribution < -0.4 is 10.6 Å². The highest BCUT2D eigenvalue weighted by Gasteiger charge is 2.23. The summed E-state index contributed by atoms with van der Waals surface area (Å²) in [6.07, 6.45) is 5.74. The number of anilines is 2. The Bertz CT molecular complexity index is 607. The van der Waals surface area contributed by atoms with E-state index in [0.717, 1.165) is 36.2 Å². The molecule has 5 nitrogen and oxygen atoms in total. The molecule has 0 aliphatic carbocycles. The van der Waals surface area contributed by atoms with Gasteiger partial charge in [0.05, 0.1) is 11.1 Å².